The van der Waals surface area contributed by atoms with E-state index in [9.17, 15) is 31.9 Å². The summed E-state index contributed by atoms with van der Waals surface area (Å²) in [7, 11) is 0.850. The second-order valence-corrected chi connectivity index (χ2v) is 7.75. The molecule has 0 bridgehead atoms. The smallest absolute Gasteiger partial charge is 0.418 e. The number of primary amides is 1. The van der Waals surface area contributed by atoms with Crippen LogP contribution in [-0.4, -0.2) is 44.5 Å². The summed E-state index contributed by atoms with van der Waals surface area (Å²) >= 11 is 5.76. The third-order valence-corrected chi connectivity index (χ3v) is 5.02. The molecule has 1 aromatic rings. The van der Waals surface area contributed by atoms with Crippen molar-refractivity contribution in [1.82, 2.24) is 5.32 Å². The molecule has 1 amide bonds. The lowest BCUT2D eigenvalue weighted by Crippen LogP contribution is -2.38. The van der Waals surface area contributed by atoms with Gasteiger partial charge in [0.05, 0.1) is 52.3 Å². The molecule has 1 atom stereocenters. The van der Waals surface area contributed by atoms with Crippen molar-refractivity contribution in [2.75, 3.05) is 20.4 Å². The number of ether oxygens (including phenoxy) is 3. The zero-order chi connectivity index (χ0) is 26.7. The number of carbonyl (C=O) groups is 3. The van der Waals surface area contributed by atoms with E-state index in [-0.39, 0.29) is 0 Å². The van der Waals surface area contributed by atoms with Gasteiger partial charge in [0.2, 0.25) is 0 Å². The highest BCUT2D eigenvalue weighted by Gasteiger charge is 2.47. The van der Waals surface area contributed by atoms with Crippen LogP contribution >= 0.6 is 11.6 Å². The summed E-state index contributed by atoms with van der Waals surface area (Å²) in [4.78, 5) is 36.8. The molecule has 14 heteroatoms. The number of benzene rings is 1. The fourth-order valence-electron chi connectivity index (χ4n) is 3.47. The predicted molar refractivity (Wildman–Crippen MR) is 111 cm³/mol. The molecule has 35 heavy (non-hydrogen) atoms. The van der Waals surface area contributed by atoms with Crippen molar-refractivity contribution in [3.63, 3.8) is 0 Å². The van der Waals surface area contributed by atoms with Crippen LogP contribution in [0.25, 0.3) is 0 Å². The first-order chi connectivity index (χ1) is 16.2. The minimum absolute atomic E-state index is 0.493. The van der Waals surface area contributed by atoms with Crippen molar-refractivity contribution >= 4 is 29.6 Å². The molecule has 0 saturated carbocycles. The molecule has 1 aromatic carbocycles. The van der Waals surface area contributed by atoms with E-state index in [1.165, 1.54) is 13.8 Å². The second-order valence-electron chi connectivity index (χ2n) is 7.35. The van der Waals surface area contributed by atoms with Gasteiger partial charge >= 0.3 is 24.2 Å². The average molecular weight is 527 g/mol. The Morgan fingerprint density at radius 3 is 2.23 bits per heavy atom. The molecule has 3 N–H and O–H groups in total. The third kappa shape index (κ3) is 6.02. The normalized spacial score (nSPS) is 16.2. The fraction of sp³-hybridized carbons (Fsp3) is 0.381. The molecule has 192 valence electrons. The van der Waals surface area contributed by atoms with Crippen LogP contribution in [0.15, 0.2) is 34.7 Å². The van der Waals surface area contributed by atoms with Crippen molar-refractivity contribution in [2.45, 2.75) is 32.0 Å². The number of alkyl halides is 4. The number of hydrogen-bond donors (Lipinski definition) is 2. The van der Waals surface area contributed by atoms with E-state index in [0.29, 0.717) is 12.1 Å². The van der Waals surface area contributed by atoms with E-state index in [4.69, 9.17) is 22.1 Å². The number of nitrogens with two attached hydrogens (primary N) is 1. The van der Waals surface area contributed by atoms with Crippen LogP contribution < -0.4 is 11.1 Å². The summed E-state index contributed by atoms with van der Waals surface area (Å²) in [6, 6.07) is 1.22. The van der Waals surface area contributed by atoms with Gasteiger partial charge < -0.3 is 25.3 Å². The summed E-state index contributed by atoms with van der Waals surface area (Å²) < 4.78 is 85.5. The maximum atomic E-state index is 15.1. The van der Waals surface area contributed by atoms with E-state index in [1.54, 1.807) is 0 Å². The SMILES string of the molecule is COC(=O)C1=C(CF)NC(COC(N)=O)=C(C(=O)OC(C)C)C1c1c(F)ccc(Cl)c1C(F)(F)F. The van der Waals surface area contributed by atoms with Gasteiger partial charge in [0.1, 0.15) is 19.1 Å². The van der Waals surface area contributed by atoms with Gasteiger partial charge in [0.25, 0.3) is 0 Å². The van der Waals surface area contributed by atoms with Crippen molar-refractivity contribution in [3.8, 4) is 0 Å². The zero-order valence-electron chi connectivity index (χ0n) is 18.5. The number of halogens is 6. The monoisotopic (exact) mass is 526 g/mol. The number of carbonyl (C=O) groups excluding carboxylic acids is 3. The Kier molecular flexibility index (Phi) is 8.71. The summed E-state index contributed by atoms with van der Waals surface area (Å²) in [5.41, 5.74) is -0.821. The zero-order valence-corrected chi connectivity index (χ0v) is 19.3. The Balaban J connectivity index is 3.04. The number of hydrogen-bond acceptors (Lipinski definition) is 7. The summed E-state index contributed by atoms with van der Waals surface area (Å²) in [6.07, 6.45) is -7.44. The molecule has 1 aliphatic heterocycles. The molecule has 1 heterocycles. The van der Waals surface area contributed by atoms with Gasteiger partial charge in [-0.05, 0) is 26.0 Å². The maximum Gasteiger partial charge on any atom is 0.418 e. The summed E-state index contributed by atoms with van der Waals surface area (Å²) in [5, 5.41) is 1.38. The first kappa shape index (κ1) is 27.9. The molecule has 2 rings (SSSR count). The fourth-order valence-corrected chi connectivity index (χ4v) is 3.74. The highest BCUT2D eigenvalue weighted by molar-refractivity contribution is 6.31. The number of allylic oxidation sites excluding steroid dienone is 1. The Hall–Kier alpha value is -3.35. The van der Waals surface area contributed by atoms with Gasteiger partial charge in [0.15, 0.2) is 0 Å². The minimum atomic E-state index is -5.27. The molecular formula is C21H20ClF5N2O6. The van der Waals surface area contributed by atoms with Crippen LogP contribution in [0.1, 0.15) is 30.9 Å². The molecule has 0 radical (unpaired) electrons. The van der Waals surface area contributed by atoms with E-state index >= 15 is 4.39 Å². The average Bonchev–Trinajstić information content (AvgIpc) is 2.75. The Morgan fingerprint density at radius 1 is 1.14 bits per heavy atom. The van der Waals surface area contributed by atoms with E-state index in [0.717, 1.165) is 7.11 Å². The van der Waals surface area contributed by atoms with Crippen LogP contribution in [-0.2, 0) is 30.0 Å². The van der Waals surface area contributed by atoms with Crippen molar-refractivity contribution < 1.29 is 50.5 Å². The first-order valence-corrected chi connectivity index (χ1v) is 10.2. The second kappa shape index (κ2) is 10.9. The topological polar surface area (TPSA) is 117 Å². The highest BCUT2D eigenvalue weighted by atomic mass is 35.5. The van der Waals surface area contributed by atoms with Crippen LogP contribution in [0.2, 0.25) is 5.02 Å². The number of esters is 2. The molecule has 0 aliphatic carbocycles. The van der Waals surface area contributed by atoms with Gasteiger partial charge in [-0.2, -0.15) is 13.2 Å². The van der Waals surface area contributed by atoms with E-state index in [2.05, 4.69) is 14.8 Å². The lowest BCUT2D eigenvalue weighted by molar-refractivity contribution is -0.144. The van der Waals surface area contributed by atoms with Gasteiger partial charge in [-0.1, -0.05) is 11.6 Å². The molecule has 0 aromatic heterocycles. The van der Waals surface area contributed by atoms with Gasteiger partial charge in [-0.25, -0.2) is 23.2 Å². The number of methoxy groups -OCH3 is 1. The first-order valence-electron chi connectivity index (χ1n) is 9.80. The van der Waals surface area contributed by atoms with Crippen LogP contribution in [0.4, 0.5) is 26.7 Å². The largest absolute Gasteiger partial charge is 0.466 e. The number of dihydropyridines is 1. The minimum Gasteiger partial charge on any atom is -0.466 e. The van der Waals surface area contributed by atoms with E-state index < -0.39 is 94.0 Å². The third-order valence-electron chi connectivity index (χ3n) is 4.70. The molecule has 8 nitrogen and oxygen atoms in total. The molecule has 1 aliphatic rings. The van der Waals surface area contributed by atoms with Gasteiger partial charge in [0, 0.05) is 5.56 Å². The van der Waals surface area contributed by atoms with Gasteiger partial charge in [-0.15, -0.1) is 0 Å². The number of rotatable bonds is 7. The molecule has 1 unspecified atom stereocenters. The molecule has 0 saturated heterocycles. The Bertz CT molecular complexity index is 1100. The molecule has 0 fully saturated rings. The van der Waals surface area contributed by atoms with Crippen LogP contribution in [0.3, 0.4) is 0 Å². The predicted octanol–water partition coefficient (Wildman–Crippen LogP) is 3.88. The van der Waals surface area contributed by atoms with E-state index in [1.807, 2.05) is 0 Å². The van der Waals surface area contributed by atoms with Crippen molar-refractivity contribution in [2.24, 2.45) is 5.73 Å². The lowest BCUT2D eigenvalue weighted by Gasteiger charge is -2.33. The summed E-state index contributed by atoms with van der Waals surface area (Å²) in [6.45, 7) is 0.454. The van der Waals surface area contributed by atoms with Gasteiger partial charge in [-0.3, -0.25) is 0 Å². The number of nitrogens with one attached hydrogen (secondary N) is 1. The maximum absolute atomic E-state index is 15.1. The van der Waals surface area contributed by atoms with Crippen LogP contribution in [0.5, 0.6) is 0 Å². The Labute approximate surface area is 200 Å². The highest BCUT2D eigenvalue weighted by Crippen LogP contribution is 2.48. The van der Waals surface area contributed by atoms with Crippen molar-refractivity contribution in [3.05, 3.63) is 56.6 Å². The Morgan fingerprint density at radius 2 is 1.74 bits per heavy atom. The summed E-state index contributed by atoms with van der Waals surface area (Å²) in [5.74, 6) is -6.42. The quantitative estimate of drug-likeness (QED) is 0.314. The molecular weight excluding hydrogens is 507 g/mol. The van der Waals surface area contributed by atoms with Crippen molar-refractivity contribution in [1.29, 1.82) is 0 Å². The molecule has 0 spiro atoms. The lowest BCUT2D eigenvalue weighted by atomic mass is 9.78. The number of amides is 1. The standard InChI is InChI=1S/C21H20ClF5N2O6/c1-8(2)35-19(31)15-12(7-34-20(28)32)29-11(6-23)14(18(30)33-3)16(15)13-10(24)5-4-9(22)17(13)21(25,26)27/h4-5,8,16,29H,6-7H2,1-3H3,(H2,28,32). The van der Waals surface area contributed by atoms with Crippen LogP contribution in [0, 0.1) is 5.82 Å².